The molecule has 2 aliphatic rings. The molecule has 230 valence electrons. The van der Waals surface area contributed by atoms with Crippen LogP contribution < -0.4 is 15.5 Å². The summed E-state index contributed by atoms with van der Waals surface area (Å²) in [5.41, 5.74) is 3.79. The molecule has 5 rings (SSSR count). The number of piperazine rings is 1. The molecule has 2 aliphatic heterocycles. The van der Waals surface area contributed by atoms with E-state index in [1.54, 1.807) is 24.3 Å². The first kappa shape index (κ1) is 30.9. The standard InChI is InChI=1S/C33H38N6O5/c40-32(13-8-26-6-10-29(11-7-26)39(42)43)35-28-9-12-31(30(24-28)33(41)34-14-15-36-20-22-44-23-21-36)38-18-16-37(17-19-38)25-27-4-2-1-3-5-27/h1-13,24H,14-23,25H2,(H,34,41)(H,35,40). The van der Waals surface area contributed by atoms with Crippen molar-refractivity contribution in [1.82, 2.24) is 15.1 Å². The van der Waals surface area contributed by atoms with Gasteiger partial charge in [0.05, 0.1) is 23.7 Å². The van der Waals surface area contributed by atoms with Crippen molar-refractivity contribution in [2.75, 3.05) is 75.8 Å². The Morgan fingerprint density at radius 2 is 1.61 bits per heavy atom. The number of amides is 2. The average molecular weight is 599 g/mol. The number of ether oxygens (including phenoxy) is 1. The van der Waals surface area contributed by atoms with Crippen LogP contribution in [-0.2, 0) is 16.1 Å². The van der Waals surface area contributed by atoms with Gasteiger partial charge in [-0.1, -0.05) is 30.3 Å². The summed E-state index contributed by atoms with van der Waals surface area (Å²) in [4.78, 5) is 43.6. The van der Waals surface area contributed by atoms with Crippen LogP contribution in [-0.4, -0.2) is 92.1 Å². The van der Waals surface area contributed by atoms with E-state index < -0.39 is 4.92 Å². The molecule has 11 heteroatoms. The van der Waals surface area contributed by atoms with Gasteiger partial charge in [-0.05, 0) is 47.5 Å². The van der Waals surface area contributed by atoms with Gasteiger partial charge in [-0.15, -0.1) is 0 Å². The number of non-ortho nitro benzene ring substituents is 1. The second-order valence-electron chi connectivity index (χ2n) is 10.9. The lowest BCUT2D eigenvalue weighted by molar-refractivity contribution is -0.384. The highest BCUT2D eigenvalue weighted by Gasteiger charge is 2.23. The first-order valence-corrected chi connectivity index (χ1v) is 14.9. The molecule has 3 aromatic rings. The number of carbonyl (C=O) groups excluding carboxylic acids is 2. The first-order valence-electron chi connectivity index (χ1n) is 14.9. The molecule has 0 spiro atoms. The summed E-state index contributed by atoms with van der Waals surface area (Å²) in [5.74, 6) is -0.554. The van der Waals surface area contributed by atoms with Crippen molar-refractivity contribution in [1.29, 1.82) is 0 Å². The predicted molar refractivity (Wildman–Crippen MR) is 171 cm³/mol. The zero-order valence-electron chi connectivity index (χ0n) is 24.7. The van der Waals surface area contributed by atoms with Gasteiger partial charge in [0.15, 0.2) is 0 Å². The van der Waals surface area contributed by atoms with Crippen LogP contribution in [0.25, 0.3) is 6.08 Å². The molecular formula is C33H38N6O5. The monoisotopic (exact) mass is 598 g/mol. The largest absolute Gasteiger partial charge is 0.379 e. The lowest BCUT2D eigenvalue weighted by Crippen LogP contribution is -2.46. The summed E-state index contributed by atoms with van der Waals surface area (Å²) in [7, 11) is 0. The Bertz CT molecular complexity index is 1450. The molecule has 0 unspecified atom stereocenters. The quantitative estimate of drug-likeness (QED) is 0.195. The van der Waals surface area contributed by atoms with Crippen molar-refractivity contribution in [3.05, 3.63) is 106 Å². The van der Waals surface area contributed by atoms with E-state index in [1.165, 1.54) is 23.8 Å². The number of anilines is 2. The molecule has 3 aromatic carbocycles. The third-order valence-electron chi connectivity index (χ3n) is 7.82. The second kappa shape index (κ2) is 15.2. The fraction of sp³-hybridized carbons (Fsp3) is 0.333. The Morgan fingerprint density at radius 3 is 2.32 bits per heavy atom. The lowest BCUT2D eigenvalue weighted by Gasteiger charge is -2.37. The third kappa shape index (κ3) is 8.73. The maximum absolute atomic E-state index is 13.5. The molecule has 44 heavy (non-hydrogen) atoms. The van der Waals surface area contributed by atoms with Crippen LogP contribution in [0.15, 0.2) is 78.9 Å². The number of nitro groups is 1. The summed E-state index contributed by atoms with van der Waals surface area (Å²) >= 11 is 0. The van der Waals surface area contributed by atoms with E-state index in [0.29, 0.717) is 36.6 Å². The summed E-state index contributed by atoms with van der Waals surface area (Å²) in [5, 5.41) is 16.8. The Hall–Kier alpha value is -4.58. The number of nitrogens with zero attached hydrogens (tertiary/aromatic N) is 4. The summed E-state index contributed by atoms with van der Waals surface area (Å²) < 4.78 is 5.42. The summed E-state index contributed by atoms with van der Waals surface area (Å²) in [6, 6.07) is 21.8. The Balaban J connectivity index is 1.25. The zero-order chi connectivity index (χ0) is 30.7. The minimum Gasteiger partial charge on any atom is -0.379 e. The van der Waals surface area contributed by atoms with Gasteiger partial charge in [0.2, 0.25) is 5.91 Å². The summed E-state index contributed by atoms with van der Waals surface area (Å²) in [6.07, 6.45) is 2.95. The van der Waals surface area contributed by atoms with Gasteiger partial charge in [-0.3, -0.25) is 29.5 Å². The number of benzene rings is 3. The Morgan fingerprint density at radius 1 is 0.886 bits per heavy atom. The summed E-state index contributed by atoms with van der Waals surface area (Å²) in [6.45, 7) is 8.56. The van der Waals surface area contributed by atoms with E-state index in [2.05, 4.69) is 49.6 Å². The van der Waals surface area contributed by atoms with Gasteiger partial charge >= 0.3 is 0 Å². The molecule has 2 heterocycles. The van der Waals surface area contributed by atoms with Gasteiger partial charge in [-0.2, -0.15) is 0 Å². The molecule has 0 saturated carbocycles. The third-order valence-corrected chi connectivity index (χ3v) is 7.82. The molecular weight excluding hydrogens is 560 g/mol. The molecule has 11 nitrogen and oxygen atoms in total. The molecule has 0 aliphatic carbocycles. The molecule has 0 bridgehead atoms. The SMILES string of the molecule is O=C(C=Cc1ccc([N+](=O)[O-])cc1)Nc1ccc(N2CCN(Cc3ccccc3)CC2)c(C(=O)NCCN2CCOCC2)c1. The van der Waals surface area contributed by atoms with Crippen molar-refractivity contribution in [2.45, 2.75) is 6.54 Å². The van der Waals surface area contributed by atoms with E-state index in [9.17, 15) is 19.7 Å². The van der Waals surface area contributed by atoms with E-state index in [1.807, 2.05) is 18.2 Å². The van der Waals surface area contributed by atoms with Crippen LogP contribution in [0.2, 0.25) is 0 Å². The predicted octanol–water partition coefficient (Wildman–Crippen LogP) is 3.63. The van der Waals surface area contributed by atoms with E-state index in [0.717, 1.165) is 58.0 Å². The fourth-order valence-electron chi connectivity index (χ4n) is 5.37. The number of nitro benzene ring substituents is 1. The van der Waals surface area contributed by atoms with Crippen molar-refractivity contribution in [2.24, 2.45) is 0 Å². The number of morpholine rings is 1. The smallest absolute Gasteiger partial charge is 0.269 e. The number of hydrogen-bond acceptors (Lipinski definition) is 8. The van der Waals surface area contributed by atoms with Crippen molar-refractivity contribution in [3.8, 4) is 0 Å². The van der Waals surface area contributed by atoms with Crippen molar-refractivity contribution < 1.29 is 19.2 Å². The zero-order valence-corrected chi connectivity index (χ0v) is 24.7. The van der Waals surface area contributed by atoms with Crippen molar-refractivity contribution >= 4 is 35.0 Å². The second-order valence-corrected chi connectivity index (χ2v) is 10.9. The van der Waals surface area contributed by atoms with Crippen LogP contribution in [0.4, 0.5) is 17.1 Å². The number of carbonyl (C=O) groups is 2. The topological polar surface area (TPSA) is 120 Å². The highest BCUT2D eigenvalue weighted by molar-refractivity contribution is 6.05. The molecule has 2 fully saturated rings. The number of hydrogen-bond donors (Lipinski definition) is 2. The van der Waals surface area contributed by atoms with Crippen LogP contribution in [0.5, 0.6) is 0 Å². The van der Waals surface area contributed by atoms with Crippen LogP contribution >= 0.6 is 0 Å². The normalized spacial score (nSPS) is 16.1. The molecule has 2 amide bonds. The minimum absolute atomic E-state index is 0.0138. The van der Waals surface area contributed by atoms with Gasteiger partial charge in [0.1, 0.15) is 0 Å². The minimum atomic E-state index is -0.467. The van der Waals surface area contributed by atoms with Gasteiger partial charge in [0, 0.05) is 88.5 Å². The molecule has 0 radical (unpaired) electrons. The van der Waals surface area contributed by atoms with Gasteiger partial charge in [-0.25, -0.2) is 0 Å². The maximum atomic E-state index is 13.5. The molecule has 0 atom stereocenters. The first-order chi connectivity index (χ1) is 21.4. The van der Waals surface area contributed by atoms with Crippen LogP contribution in [0, 0.1) is 10.1 Å². The van der Waals surface area contributed by atoms with E-state index >= 15 is 0 Å². The number of rotatable bonds is 11. The Kier molecular flexibility index (Phi) is 10.7. The van der Waals surface area contributed by atoms with Gasteiger partial charge in [0.25, 0.3) is 11.6 Å². The van der Waals surface area contributed by atoms with Crippen LogP contribution in [0.3, 0.4) is 0 Å². The number of nitrogens with one attached hydrogen (secondary N) is 2. The highest BCUT2D eigenvalue weighted by atomic mass is 16.6. The lowest BCUT2D eigenvalue weighted by atomic mass is 10.1. The molecule has 2 saturated heterocycles. The van der Waals surface area contributed by atoms with E-state index in [4.69, 9.17) is 4.74 Å². The highest BCUT2D eigenvalue weighted by Crippen LogP contribution is 2.26. The Labute approximate surface area is 257 Å². The molecule has 2 N–H and O–H groups in total. The fourth-order valence-corrected chi connectivity index (χ4v) is 5.37. The van der Waals surface area contributed by atoms with E-state index in [-0.39, 0.29) is 17.5 Å². The van der Waals surface area contributed by atoms with Crippen LogP contribution in [0.1, 0.15) is 21.5 Å². The maximum Gasteiger partial charge on any atom is 0.269 e. The molecule has 0 aromatic heterocycles. The average Bonchev–Trinajstić information content (AvgIpc) is 3.05. The van der Waals surface area contributed by atoms with Crippen molar-refractivity contribution in [3.63, 3.8) is 0 Å². The van der Waals surface area contributed by atoms with Gasteiger partial charge < -0.3 is 20.3 Å².